The Morgan fingerprint density at radius 2 is 2.23 bits per heavy atom. The Bertz CT molecular complexity index is 203. The molecule has 0 saturated carbocycles. The molecular formula is C7H11NO5. The van der Waals surface area contributed by atoms with E-state index < -0.39 is 18.2 Å². The molecule has 74 valence electrons. The lowest BCUT2D eigenvalue weighted by atomic mass is 10.4. The first-order chi connectivity index (χ1) is 6.07. The molecule has 3 N–H and O–H groups in total. The van der Waals surface area contributed by atoms with E-state index in [-0.39, 0.29) is 13.2 Å². The van der Waals surface area contributed by atoms with E-state index >= 15 is 0 Å². The van der Waals surface area contributed by atoms with Crippen molar-refractivity contribution in [3.05, 3.63) is 12.7 Å². The van der Waals surface area contributed by atoms with Crippen molar-refractivity contribution in [1.82, 2.24) is 5.32 Å². The van der Waals surface area contributed by atoms with Crippen LogP contribution in [0.4, 0.5) is 4.79 Å². The molecular weight excluding hydrogens is 178 g/mol. The van der Waals surface area contributed by atoms with E-state index in [2.05, 4.69) is 16.6 Å². The number of nitrogens with one attached hydrogen (secondary N) is 1. The van der Waals surface area contributed by atoms with Gasteiger partial charge in [0, 0.05) is 0 Å². The Morgan fingerprint density at radius 3 is 2.69 bits per heavy atom. The summed E-state index contributed by atoms with van der Waals surface area (Å²) in [5, 5.41) is 19.0. The third kappa shape index (κ3) is 5.68. The smallest absolute Gasteiger partial charge is 0.407 e. The molecule has 6 nitrogen and oxygen atoms in total. The van der Waals surface area contributed by atoms with Gasteiger partial charge in [-0.25, -0.2) is 9.59 Å². The lowest BCUT2D eigenvalue weighted by Gasteiger charge is -2.06. The van der Waals surface area contributed by atoms with Crippen LogP contribution in [0.1, 0.15) is 0 Å². The first-order valence-corrected chi connectivity index (χ1v) is 3.50. The Balaban J connectivity index is 3.57. The van der Waals surface area contributed by atoms with Crippen LogP contribution in [0.15, 0.2) is 12.7 Å². The number of hydrogen-bond acceptors (Lipinski definition) is 4. The largest absolute Gasteiger partial charge is 0.479 e. The van der Waals surface area contributed by atoms with Crippen LogP contribution < -0.4 is 5.32 Å². The normalized spacial score (nSPS) is 11.5. The number of rotatable bonds is 5. The number of hydrogen-bond donors (Lipinski definition) is 3. The van der Waals surface area contributed by atoms with E-state index in [0.717, 1.165) is 0 Å². The summed E-state index contributed by atoms with van der Waals surface area (Å²) in [5.74, 6) is -1.40. The fourth-order valence-corrected chi connectivity index (χ4v) is 0.453. The summed E-state index contributed by atoms with van der Waals surface area (Å²) >= 11 is 0. The number of aliphatic carboxylic acids is 1. The van der Waals surface area contributed by atoms with Crippen LogP contribution in [-0.4, -0.2) is 41.5 Å². The van der Waals surface area contributed by atoms with E-state index in [1.54, 1.807) is 0 Å². The summed E-state index contributed by atoms with van der Waals surface area (Å²) in [6.07, 6.45) is -1.04. The lowest BCUT2D eigenvalue weighted by Crippen LogP contribution is -2.36. The second-order valence-electron chi connectivity index (χ2n) is 2.12. The van der Waals surface area contributed by atoms with Crippen LogP contribution in [0.2, 0.25) is 0 Å². The Hall–Kier alpha value is -1.56. The molecule has 6 heteroatoms. The highest BCUT2D eigenvalue weighted by atomic mass is 16.5. The molecule has 0 unspecified atom stereocenters. The minimum Gasteiger partial charge on any atom is -0.479 e. The van der Waals surface area contributed by atoms with E-state index in [9.17, 15) is 9.59 Å². The fourth-order valence-electron chi connectivity index (χ4n) is 0.453. The molecule has 0 radical (unpaired) electrons. The van der Waals surface area contributed by atoms with Gasteiger partial charge in [-0.05, 0) is 0 Å². The summed E-state index contributed by atoms with van der Waals surface area (Å²) in [6.45, 7) is 2.96. The zero-order valence-electron chi connectivity index (χ0n) is 6.90. The van der Waals surface area contributed by atoms with Crippen molar-refractivity contribution in [3.8, 4) is 0 Å². The molecule has 0 rings (SSSR count). The number of amides is 1. The Morgan fingerprint density at radius 1 is 1.62 bits per heavy atom. The summed E-state index contributed by atoms with van der Waals surface area (Å²) in [4.78, 5) is 20.7. The van der Waals surface area contributed by atoms with E-state index in [4.69, 9.17) is 10.2 Å². The topological polar surface area (TPSA) is 95.9 Å². The van der Waals surface area contributed by atoms with Crippen LogP contribution in [0, 0.1) is 0 Å². The molecule has 0 spiro atoms. The third-order valence-electron chi connectivity index (χ3n) is 1.06. The summed E-state index contributed by atoms with van der Waals surface area (Å²) < 4.78 is 4.45. The zero-order valence-corrected chi connectivity index (χ0v) is 6.90. The lowest BCUT2D eigenvalue weighted by molar-refractivity contribution is -0.146. The number of carbonyl (C=O) groups is 2. The average Bonchev–Trinajstić information content (AvgIpc) is 2.10. The quantitative estimate of drug-likeness (QED) is 0.499. The maximum absolute atomic E-state index is 10.6. The maximum Gasteiger partial charge on any atom is 0.407 e. The van der Waals surface area contributed by atoms with Crippen molar-refractivity contribution >= 4 is 12.1 Å². The van der Waals surface area contributed by atoms with Gasteiger partial charge in [0.05, 0.1) is 6.54 Å². The number of carboxylic acids is 1. The molecule has 0 bridgehead atoms. The van der Waals surface area contributed by atoms with Crippen molar-refractivity contribution < 1.29 is 24.5 Å². The number of ether oxygens (including phenoxy) is 1. The van der Waals surface area contributed by atoms with Gasteiger partial charge in [-0.15, -0.1) is 0 Å². The van der Waals surface area contributed by atoms with Gasteiger partial charge in [-0.3, -0.25) is 0 Å². The van der Waals surface area contributed by atoms with Crippen LogP contribution in [0.25, 0.3) is 0 Å². The van der Waals surface area contributed by atoms with Crippen LogP contribution in [-0.2, 0) is 9.53 Å². The van der Waals surface area contributed by atoms with Crippen molar-refractivity contribution in [2.45, 2.75) is 6.10 Å². The van der Waals surface area contributed by atoms with Gasteiger partial charge >= 0.3 is 12.1 Å². The Kier molecular flexibility index (Phi) is 5.29. The molecule has 0 aromatic heterocycles. The molecule has 13 heavy (non-hydrogen) atoms. The first-order valence-electron chi connectivity index (χ1n) is 3.50. The van der Waals surface area contributed by atoms with E-state index in [1.165, 1.54) is 6.08 Å². The highest BCUT2D eigenvalue weighted by molar-refractivity contribution is 5.74. The molecule has 0 aliphatic rings. The molecule has 0 saturated heterocycles. The SMILES string of the molecule is C=CCOC(=O)NC[C@H](O)C(=O)O. The first kappa shape index (κ1) is 11.4. The van der Waals surface area contributed by atoms with Gasteiger partial charge in [0.2, 0.25) is 0 Å². The zero-order chi connectivity index (χ0) is 10.3. The monoisotopic (exact) mass is 189 g/mol. The average molecular weight is 189 g/mol. The second kappa shape index (κ2) is 6.01. The molecule has 1 amide bonds. The number of aliphatic hydroxyl groups is 1. The number of carboxylic acid groups (broad SMARTS) is 1. The minimum absolute atomic E-state index is 0.0367. The van der Waals surface area contributed by atoms with Gasteiger partial charge in [-0.1, -0.05) is 12.7 Å². The molecule has 0 aliphatic heterocycles. The van der Waals surface area contributed by atoms with Crippen molar-refractivity contribution in [2.24, 2.45) is 0 Å². The van der Waals surface area contributed by atoms with Gasteiger partial charge in [0.25, 0.3) is 0 Å². The molecule has 0 aliphatic carbocycles. The minimum atomic E-state index is -1.61. The third-order valence-corrected chi connectivity index (χ3v) is 1.06. The fraction of sp³-hybridized carbons (Fsp3) is 0.429. The van der Waals surface area contributed by atoms with Gasteiger partial charge in [-0.2, -0.15) is 0 Å². The van der Waals surface area contributed by atoms with Crippen molar-refractivity contribution in [3.63, 3.8) is 0 Å². The van der Waals surface area contributed by atoms with Crippen LogP contribution in [0.5, 0.6) is 0 Å². The summed E-state index contributed by atoms with van der Waals surface area (Å²) in [7, 11) is 0. The summed E-state index contributed by atoms with van der Waals surface area (Å²) in [5.41, 5.74) is 0. The molecule has 0 aromatic carbocycles. The maximum atomic E-state index is 10.6. The molecule has 1 atom stereocenters. The standard InChI is InChI=1S/C7H11NO5/c1-2-3-13-7(12)8-4-5(9)6(10)11/h2,5,9H,1,3-4H2,(H,8,12)(H,10,11)/t5-/m0/s1. The molecule has 0 aromatic rings. The van der Waals surface area contributed by atoms with Crippen molar-refractivity contribution in [2.75, 3.05) is 13.2 Å². The van der Waals surface area contributed by atoms with E-state index in [0.29, 0.717) is 0 Å². The predicted octanol–water partition coefficient (Wildman–Crippen LogP) is -0.656. The number of aliphatic hydroxyl groups excluding tert-OH is 1. The van der Waals surface area contributed by atoms with E-state index in [1.807, 2.05) is 0 Å². The predicted molar refractivity (Wildman–Crippen MR) is 43.2 cm³/mol. The second-order valence-corrected chi connectivity index (χ2v) is 2.12. The van der Waals surface area contributed by atoms with Gasteiger partial charge < -0.3 is 20.3 Å². The van der Waals surface area contributed by atoms with Gasteiger partial charge in [0.1, 0.15) is 6.61 Å². The highest BCUT2D eigenvalue weighted by Crippen LogP contribution is 1.82. The van der Waals surface area contributed by atoms with Crippen molar-refractivity contribution in [1.29, 1.82) is 0 Å². The van der Waals surface area contributed by atoms with Gasteiger partial charge in [0.15, 0.2) is 6.10 Å². The van der Waals surface area contributed by atoms with Crippen LogP contribution >= 0.6 is 0 Å². The Labute approximate surface area is 74.8 Å². The number of carbonyl (C=O) groups excluding carboxylic acids is 1. The molecule has 0 fully saturated rings. The van der Waals surface area contributed by atoms with Crippen LogP contribution in [0.3, 0.4) is 0 Å². The number of alkyl carbamates (subject to hydrolysis) is 1. The highest BCUT2D eigenvalue weighted by Gasteiger charge is 2.13. The summed E-state index contributed by atoms with van der Waals surface area (Å²) in [6, 6.07) is 0. The molecule has 0 heterocycles.